The Morgan fingerprint density at radius 3 is 1.97 bits per heavy atom. The van der Waals surface area contributed by atoms with E-state index in [1.54, 1.807) is 6.07 Å². The first-order valence-corrected chi connectivity index (χ1v) is 13.0. The van der Waals surface area contributed by atoms with Gasteiger partial charge in [0.2, 0.25) is 10.0 Å². The molecule has 3 aromatic rings. The van der Waals surface area contributed by atoms with Crippen molar-refractivity contribution >= 4 is 66.2 Å². The second kappa shape index (κ2) is 9.37. The molecule has 3 N–H and O–H groups in total. The third-order valence-electron chi connectivity index (χ3n) is 4.07. The molecule has 0 unspecified atom stereocenters. The lowest BCUT2D eigenvalue weighted by molar-refractivity contribution is 0.102. The summed E-state index contributed by atoms with van der Waals surface area (Å²) in [7, 11) is -7.35. The maximum Gasteiger partial charge on any atom is 0.261 e. The summed E-state index contributed by atoms with van der Waals surface area (Å²) in [5.74, 6) is -0.449. The van der Waals surface area contributed by atoms with E-state index < -0.39 is 26.0 Å². The number of halogens is 2. The van der Waals surface area contributed by atoms with Gasteiger partial charge < -0.3 is 5.32 Å². The number of sulfonamides is 2. The van der Waals surface area contributed by atoms with E-state index in [1.807, 2.05) is 0 Å². The summed E-state index contributed by atoms with van der Waals surface area (Å²) < 4.78 is 52.4. The van der Waals surface area contributed by atoms with Crippen LogP contribution in [0.3, 0.4) is 0 Å². The van der Waals surface area contributed by atoms with Crippen LogP contribution in [-0.2, 0) is 20.0 Å². The number of hydrogen-bond donors (Lipinski definition) is 3. The van der Waals surface area contributed by atoms with Crippen molar-refractivity contribution in [2.24, 2.45) is 0 Å². The monoisotopic (exact) mass is 513 g/mol. The van der Waals surface area contributed by atoms with E-state index in [4.69, 9.17) is 23.2 Å². The van der Waals surface area contributed by atoms with E-state index >= 15 is 0 Å². The normalized spacial score (nSPS) is 11.6. The number of carbonyl (C=O) groups is 1. The first kappa shape index (κ1) is 23.9. The highest BCUT2D eigenvalue weighted by molar-refractivity contribution is 7.92. The Balaban J connectivity index is 1.70. The molecule has 0 aliphatic heterocycles. The van der Waals surface area contributed by atoms with Crippen molar-refractivity contribution in [2.45, 2.75) is 4.90 Å². The molecule has 0 heterocycles. The highest BCUT2D eigenvalue weighted by Gasteiger charge is 2.17. The number of nitrogens with one attached hydrogen (secondary N) is 3. The Kier molecular flexibility index (Phi) is 6.99. The molecule has 0 aliphatic rings. The van der Waals surface area contributed by atoms with Crippen LogP contribution in [0.1, 0.15) is 10.4 Å². The van der Waals surface area contributed by atoms with Gasteiger partial charge in [0.15, 0.2) is 0 Å². The molecule has 0 aliphatic carbocycles. The molecule has 0 saturated heterocycles. The van der Waals surface area contributed by atoms with Crippen LogP contribution in [0.4, 0.5) is 17.1 Å². The number of benzene rings is 3. The van der Waals surface area contributed by atoms with Crippen LogP contribution in [0.25, 0.3) is 0 Å². The summed E-state index contributed by atoms with van der Waals surface area (Å²) in [5, 5.41) is 2.94. The smallest absolute Gasteiger partial charge is 0.261 e. The zero-order chi connectivity index (χ0) is 23.5. The van der Waals surface area contributed by atoms with Crippen LogP contribution in [0.2, 0.25) is 10.0 Å². The minimum Gasteiger partial charge on any atom is -0.322 e. The van der Waals surface area contributed by atoms with Crippen molar-refractivity contribution in [1.82, 2.24) is 0 Å². The lowest BCUT2D eigenvalue weighted by Crippen LogP contribution is -2.14. The van der Waals surface area contributed by atoms with Crippen LogP contribution in [0, 0.1) is 0 Å². The molecule has 0 fully saturated rings. The molecule has 3 rings (SSSR count). The van der Waals surface area contributed by atoms with Gasteiger partial charge in [0, 0.05) is 16.9 Å². The van der Waals surface area contributed by atoms with Gasteiger partial charge in [0.1, 0.15) is 0 Å². The lowest BCUT2D eigenvalue weighted by atomic mass is 10.2. The zero-order valence-electron chi connectivity index (χ0n) is 16.5. The van der Waals surface area contributed by atoms with Gasteiger partial charge in [-0.2, -0.15) is 0 Å². The topological polar surface area (TPSA) is 121 Å². The quantitative estimate of drug-likeness (QED) is 0.431. The Bertz CT molecular complexity index is 1360. The number of carbonyl (C=O) groups excluding carboxylic acids is 1. The van der Waals surface area contributed by atoms with Gasteiger partial charge in [-0.05, 0) is 60.7 Å². The predicted octanol–water partition coefficient (Wildman–Crippen LogP) is 4.42. The van der Waals surface area contributed by atoms with E-state index in [0.29, 0.717) is 11.4 Å². The average Bonchev–Trinajstić information content (AvgIpc) is 2.71. The molecular formula is C20H17Cl2N3O5S2. The van der Waals surface area contributed by atoms with Crippen molar-refractivity contribution in [3.63, 3.8) is 0 Å². The molecule has 0 aromatic heterocycles. The fraction of sp³-hybridized carbons (Fsp3) is 0.0500. The van der Waals surface area contributed by atoms with Crippen molar-refractivity contribution in [2.75, 3.05) is 21.0 Å². The lowest BCUT2D eigenvalue weighted by Gasteiger charge is -2.11. The number of anilines is 3. The zero-order valence-corrected chi connectivity index (χ0v) is 19.6. The second-order valence-corrected chi connectivity index (χ2v) is 10.9. The van der Waals surface area contributed by atoms with Crippen LogP contribution < -0.4 is 14.8 Å². The van der Waals surface area contributed by atoms with E-state index in [9.17, 15) is 21.6 Å². The van der Waals surface area contributed by atoms with E-state index in [1.165, 1.54) is 60.7 Å². The molecular weight excluding hydrogens is 497 g/mol. The molecule has 0 spiro atoms. The molecule has 0 saturated carbocycles. The van der Waals surface area contributed by atoms with Gasteiger partial charge in [0.25, 0.3) is 15.9 Å². The fourth-order valence-electron chi connectivity index (χ4n) is 2.61. The van der Waals surface area contributed by atoms with Gasteiger partial charge in [-0.25, -0.2) is 16.8 Å². The average molecular weight is 514 g/mol. The highest BCUT2D eigenvalue weighted by Crippen LogP contribution is 2.31. The minimum atomic E-state index is -3.93. The minimum absolute atomic E-state index is 0.0391. The molecule has 3 aromatic carbocycles. The maximum atomic E-state index is 12.6. The van der Waals surface area contributed by atoms with Crippen LogP contribution in [0.15, 0.2) is 71.6 Å². The summed E-state index contributed by atoms with van der Waals surface area (Å²) in [6.07, 6.45) is 1.02. The third-order valence-corrected chi connectivity index (χ3v) is 6.88. The van der Waals surface area contributed by atoms with Crippen molar-refractivity contribution in [3.8, 4) is 0 Å². The van der Waals surface area contributed by atoms with Gasteiger partial charge in [0.05, 0.1) is 26.9 Å². The Morgan fingerprint density at radius 1 is 0.781 bits per heavy atom. The molecule has 8 nitrogen and oxygen atoms in total. The van der Waals surface area contributed by atoms with Crippen molar-refractivity contribution in [3.05, 3.63) is 82.3 Å². The van der Waals surface area contributed by atoms with E-state index in [-0.39, 0.29) is 26.2 Å². The summed E-state index contributed by atoms with van der Waals surface area (Å²) >= 11 is 11.9. The van der Waals surface area contributed by atoms with Gasteiger partial charge in [-0.15, -0.1) is 0 Å². The third kappa shape index (κ3) is 6.13. The molecule has 0 radical (unpaired) electrons. The van der Waals surface area contributed by atoms with Crippen molar-refractivity contribution < 1.29 is 21.6 Å². The number of hydrogen-bond acceptors (Lipinski definition) is 5. The summed E-state index contributed by atoms with van der Waals surface area (Å²) in [4.78, 5) is 12.4. The second-order valence-electron chi connectivity index (χ2n) is 6.64. The molecule has 32 heavy (non-hydrogen) atoms. The molecule has 168 valence electrons. The van der Waals surface area contributed by atoms with Gasteiger partial charge in [-0.1, -0.05) is 29.3 Å². The Hall–Kier alpha value is -2.79. The molecule has 12 heteroatoms. The highest BCUT2D eigenvalue weighted by atomic mass is 35.5. The summed E-state index contributed by atoms with van der Waals surface area (Å²) in [5.41, 5.74) is 1.13. The maximum absolute atomic E-state index is 12.6. The molecule has 0 bridgehead atoms. The predicted molar refractivity (Wildman–Crippen MR) is 127 cm³/mol. The van der Waals surface area contributed by atoms with E-state index in [0.717, 1.165) is 6.26 Å². The van der Waals surface area contributed by atoms with Crippen LogP contribution >= 0.6 is 23.2 Å². The first-order chi connectivity index (χ1) is 14.9. The van der Waals surface area contributed by atoms with Gasteiger partial charge >= 0.3 is 0 Å². The van der Waals surface area contributed by atoms with Crippen LogP contribution in [0.5, 0.6) is 0 Å². The number of rotatable bonds is 7. The molecule has 1 amide bonds. The number of amides is 1. The van der Waals surface area contributed by atoms with Crippen molar-refractivity contribution in [1.29, 1.82) is 0 Å². The van der Waals surface area contributed by atoms with E-state index in [2.05, 4.69) is 14.8 Å². The Labute approximate surface area is 195 Å². The molecule has 0 atom stereocenters. The summed E-state index contributed by atoms with van der Waals surface area (Å²) in [6, 6.07) is 15.9. The first-order valence-electron chi connectivity index (χ1n) is 8.91. The Morgan fingerprint density at radius 2 is 1.38 bits per heavy atom. The summed E-state index contributed by atoms with van der Waals surface area (Å²) in [6.45, 7) is 0. The van der Waals surface area contributed by atoms with Gasteiger partial charge in [-0.3, -0.25) is 14.2 Å². The standard InChI is InChI=1S/C20H17Cl2N3O5S2/c1-31(27,28)24-15-7-5-13(6-8-15)20(26)23-14-9-11-16(12-10-14)32(29,30)25-18-4-2-3-17(21)19(18)22/h2-12,24-25H,1H3,(H,23,26). The van der Waals surface area contributed by atoms with Crippen LogP contribution in [-0.4, -0.2) is 29.0 Å². The largest absolute Gasteiger partial charge is 0.322 e. The fourth-order valence-corrected chi connectivity index (χ4v) is 4.65. The SMILES string of the molecule is CS(=O)(=O)Nc1ccc(C(=O)Nc2ccc(S(=O)(=O)Nc3cccc(Cl)c3Cl)cc2)cc1.